The quantitative estimate of drug-likeness (QED) is 0.844. The van der Waals surface area contributed by atoms with Crippen molar-refractivity contribution in [1.82, 2.24) is 4.90 Å². The average Bonchev–Trinajstić information content (AvgIpc) is 2.97. The molecule has 1 spiro atoms. The minimum Gasteiger partial charge on any atom is -0.342 e. The molecular formula is C17H30N2O. The number of hydrogen-bond donors (Lipinski definition) is 1. The summed E-state index contributed by atoms with van der Waals surface area (Å²) in [6.07, 6.45) is 13.0. The third-order valence-corrected chi connectivity index (χ3v) is 6.33. The van der Waals surface area contributed by atoms with Crippen LogP contribution in [-0.4, -0.2) is 30.4 Å². The first kappa shape index (κ1) is 14.4. The van der Waals surface area contributed by atoms with Crippen LogP contribution in [0.4, 0.5) is 0 Å². The predicted molar refractivity (Wildman–Crippen MR) is 81.2 cm³/mol. The van der Waals surface area contributed by atoms with Gasteiger partial charge < -0.3 is 10.6 Å². The van der Waals surface area contributed by atoms with E-state index in [1.807, 2.05) is 0 Å². The zero-order valence-corrected chi connectivity index (χ0v) is 12.8. The Balaban J connectivity index is 1.56. The molecule has 3 rings (SSSR count). The molecule has 1 amide bonds. The van der Waals surface area contributed by atoms with Gasteiger partial charge in [0, 0.05) is 19.0 Å². The van der Waals surface area contributed by atoms with Gasteiger partial charge in [-0.3, -0.25) is 4.79 Å². The van der Waals surface area contributed by atoms with Crippen LogP contribution >= 0.6 is 0 Å². The van der Waals surface area contributed by atoms with E-state index in [1.165, 1.54) is 51.4 Å². The summed E-state index contributed by atoms with van der Waals surface area (Å²) in [6, 6.07) is 0. The Morgan fingerprint density at radius 1 is 1.00 bits per heavy atom. The average molecular weight is 278 g/mol. The van der Waals surface area contributed by atoms with E-state index in [4.69, 9.17) is 5.73 Å². The van der Waals surface area contributed by atoms with E-state index in [1.54, 1.807) is 0 Å². The Morgan fingerprint density at radius 2 is 1.70 bits per heavy atom. The highest BCUT2D eigenvalue weighted by atomic mass is 16.2. The van der Waals surface area contributed by atoms with E-state index < -0.39 is 0 Å². The summed E-state index contributed by atoms with van der Waals surface area (Å²) in [6.45, 7) is 2.70. The fourth-order valence-corrected chi connectivity index (χ4v) is 4.88. The van der Waals surface area contributed by atoms with E-state index in [0.29, 0.717) is 23.8 Å². The Hall–Kier alpha value is -0.570. The Morgan fingerprint density at radius 3 is 2.35 bits per heavy atom. The molecule has 2 N–H and O–H groups in total. The zero-order chi connectivity index (χ0) is 14.0. The van der Waals surface area contributed by atoms with Crippen molar-refractivity contribution in [2.75, 3.05) is 19.6 Å². The van der Waals surface area contributed by atoms with E-state index in [9.17, 15) is 4.79 Å². The van der Waals surface area contributed by atoms with Gasteiger partial charge >= 0.3 is 0 Å². The number of carbonyl (C=O) groups excluding carboxylic acids is 1. The monoisotopic (exact) mass is 278 g/mol. The van der Waals surface area contributed by atoms with Crippen molar-refractivity contribution in [2.45, 2.75) is 64.2 Å². The van der Waals surface area contributed by atoms with Crippen LogP contribution in [0.2, 0.25) is 0 Å². The highest BCUT2D eigenvalue weighted by Gasteiger charge is 2.40. The van der Waals surface area contributed by atoms with Gasteiger partial charge in [0.25, 0.3) is 0 Å². The van der Waals surface area contributed by atoms with Gasteiger partial charge in [0.05, 0.1) is 0 Å². The van der Waals surface area contributed by atoms with Gasteiger partial charge in [0.15, 0.2) is 0 Å². The van der Waals surface area contributed by atoms with Gasteiger partial charge in [-0.15, -0.1) is 0 Å². The van der Waals surface area contributed by atoms with Crippen molar-refractivity contribution >= 4 is 5.91 Å². The van der Waals surface area contributed by atoms with Crippen LogP contribution in [0, 0.1) is 17.3 Å². The number of nitrogens with two attached hydrogens (primary N) is 1. The van der Waals surface area contributed by atoms with Crippen molar-refractivity contribution in [3.63, 3.8) is 0 Å². The maximum absolute atomic E-state index is 12.7. The molecule has 3 fully saturated rings. The van der Waals surface area contributed by atoms with Crippen molar-refractivity contribution in [3.8, 4) is 0 Å². The van der Waals surface area contributed by atoms with Crippen LogP contribution in [0.5, 0.6) is 0 Å². The third-order valence-electron chi connectivity index (χ3n) is 6.33. The van der Waals surface area contributed by atoms with Crippen molar-refractivity contribution in [3.05, 3.63) is 0 Å². The molecule has 0 bridgehead atoms. The number of nitrogens with zero attached hydrogens (tertiary/aromatic N) is 1. The summed E-state index contributed by atoms with van der Waals surface area (Å²) < 4.78 is 0. The van der Waals surface area contributed by atoms with Crippen molar-refractivity contribution in [2.24, 2.45) is 23.0 Å². The molecule has 1 heterocycles. The SMILES string of the molecule is NC[C@H]1CCC[C@H]1C(=O)N1CCC2(CCCCC2)CC1. The molecule has 3 aliphatic rings. The second kappa shape index (κ2) is 6.05. The third kappa shape index (κ3) is 2.74. The maximum Gasteiger partial charge on any atom is 0.226 e. The van der Waals surface area contributed by atoms with Crippen molar-refractivity contribution < 1.29 is 4.79 Å². The van der Waals surface area contributed by atoms with Gasteiger partial charge in [0.2, 0.25) is 5.91 Å². The van der Waals surface area contributed by atoms with Gasteiger partial charge in [-0.25, -0.2) is 0 Å². The molecule has 2 saturated carbocycles. The number of carbonyl (C=O) groups is 1. The van der Waals surface area contributed by atoms with E-state index in [-0.39, 0.29) is 5.92 Å². The molecule has 114 valence electrons. The fourth-order valence-electron chi connectivity index (χ4n) is 4.88. The van der Waals surface area contributed by atoms with Crippen molar-refractivity contribution in [1.29, 1.82) is 0 Å². The summed E-state index contributed by atoms with van der Waals surface area (Å²) in [5.74, 6) is 1.11. The molecule has 0 aromatic carbocycles. The first-order valence-electron chi connectivity index (χ1n) is 8.73. The van der Waals surface area contributed by atoms with Crippen LogP contribution in [-0.2, 0) is 4.79 Å². The molecule has 1 saturated heterocycles. The van der Waals surface area contributed by atoms with Gasteiger partial charge in [-0.05, 0) is 56.4 Å². The molecule has 0 unspecified atom stereocenters. The number of amides is 1. The molecule has 0 aromatic heterocycles. The van der Waals surface area contributed by atoms with E-state index in [0.717, 1.165) is 25.9 Å². The number of rotatable bonds is 2. The summed E-state index contributed by atoms with van der Waals surface area (Å²) in [7, 11) is 0. The Kier molecular flexibility index (Phi) is 4.34. The highest BCUT2D eigenvalue weighted by Crippen LogP contribution is 2.45. The lowest BCUT2D eigenvalue weighted by molar-refractivity contribution is -0.139. The second-order valence-corrected chi connectivity index (χ2v) is 7.42. The Bertz CT molecular complexity index is 339. The molecule has 20 heavy (non-hydrogen) atoms. The fraction of sp³-hybridized carbons (Fsp3) is 0.941. The molecule has 2 aliphatic carbocycles. The molecular weight excluding hydrogens is 248 g/mol. The van der Waals surface area contributed by atoms with Gasteiger partial charge in [0.1, 0.15) is 0 Å². The summed E-state index contributed by atoms with van der Waals surface area (Å²) >= 11 is 0. The maximum atomic E-state index is 12.7. The molecule has 3 nitrogen and oxygen atoms in total. The van der Waals surface area contributed by atoms with Crippen LogP contribution in [0.25, 0.3) is 0 Å². The molecule has 0 radical (unpaired) electrons. The van der Waals surface area contributed by atoms with Gasteiger partial charge in [-0.1, -0.05) is 25.7 Å². The molecule has 0 aromatic rings. The van der Waals surface area contributed by atoms with Crippen LogP contribution in [0.15, 0.2) is 0 Å². The number of likely N-dealkylation sites (tertiary alicyclic amines) is 1. The molecule has 1 aliphatic heterocycles. The first-order chi connectivity index (χ1) is 9.74. The van der Waals surface area contributed by atoms with Crippen LogP contribution in [0.3, 0.4) is 0 Å². The molecule has 3 heteroatoms. The number of hydrogen-bond acceptors (Lipinski definition) is 2. The molecule has 2 atom stereocenters. The lowest BCUT2D eigenvalue weighted by atomic mass is 9.68. The minimum atomic E-state index is 0.236. The second-order valence-electron chi connectivity index (χ2n) is 7.42. The number of piperidine rings is 1. The lowest BCUT2D eigenvalue weighted by Gasteiger charge is -2.45. The topological polar surface area (TPSA) is 46.3 Å². The highest BCUT2D eigenvalue weighted by molar-refractivity contribution is 5.79. The van der Waals surface area contributed by atoms with Gasteiger partial charge in [-0.2, -0.15) is 0 Å². The zero-order valence-electron chi connectivity index (χ0n) is 12.8. The normalized spacial score (nSPS) is 33.5. The summed E-state index contributed by atoms with van der Waals surface area (Å²) in [5, 5.41) is 0. The first-order valence-corrected chi connectivity index (χ1v) is 8.73. The standard InChI is InChI=1S/C17H30N2O/c18-13-14-5-4-6-15(14)16(20)19-11-9-17(10-12-19)7-2-1-3-8-17/h14-15H,1-13,18H2/t14-,15-/m1/s1. The largest absolute Gasteiger partial charge is 0.342 e. The van der Waals surface area contributed by atoms with E-state index in [2.05, 4.69) is 4.90 Å². The minimum absolute atomic E-state index is 0.236. The smallest absolute Gasteiger partial charge is 0.226 e. The lowest BCUT2D eigenvalue weighted by Crippen LogP contribution is -2.47. The van der Waals surface area contributed by atoms with E-state index >= 15 is 0 Å². The summed E-state index contributed by atoms with van der Waals surface area (Å²) in [4.78, 5) is 14.9. The summed E-state index contributed by atoms with van der Waals surface area (Å²) in [5.41, 5.74) is 6.43. The van der Waals surface area contributed by atoms with Crippen LogP contribution < -0.4 is 5.73 Å². The predicted octanol–water partition coefficient (Wildman–Crippen LogP) is 2.93. The Labute approximate surface area is 123 Å². The van der Waals surface area contributed by atoms with Crippen LogP contribution in [0.1, 0.15) is 64.2 Å².